The number of fused-ring (bicyclic) bond motifs is 4. The summed E-state index contributed by atoms with van der Waals surface area (Å²) >= 11 is 0. The first-order valence-corrected chi connectivity index (χ1v) is 43.0. The first kappa shape index (κ1) is 82.4. The van der Waals surface area contributed by atoms with E-state index in [2.05, 4.69) is 53.5 Å². The molecule has 0 saturated heterocycles. The highest BCUT2D eigenvalue weighted by atomic mass is 32.2. The number of ether oxygens (including phenoxy) is 4. The Balaban J connectivity index is 0.000000127. The molecule has 0 fully saturated rings. The lowest BCUT2D eigenvalue weighted by Crippen LogP contribution is -2.14. The molecular formula is C88H72N16O15S4. The van der Waals surface area contributed by atoms with E-state index in [0.29, 0.717) is 34.2 Å². The molecule has 0 spiro atoms. The van der Waals surface area contributed by atoms with Gasteiger partial charge in [0.05, 0.1) is 133 Å². The molecule has 0 aliphatic rings. The van der Waals surface area contributed by atoms with Crippen molar-refractivity contribution in [3.8, 4) is 51.4 Å². The number of carboxylic acid groups (broad SMARTS) is 1. The van der Waals surface area contributed by atoms with E-state index in [1.807, 2.05) is 150 Å². The van der Waals surface area contributed by atoms with Crippen molar-refractivity contribution in [2.75, 3.05) is 47.3 Å². The van der Waals surface area contributed by atoms with Gasteiger partial charge in [0.2, 0.25) is 0 Å². The van der Waals surface area contributed by atoms with Crippen LogP contribution in [-0.2, 0) is 44.8 Å². The second-order valence-electron chi connectivity index (χ2n) is 26.8. The lowest BCUT2D eigenvalue weighted by atomic mass is 10.2. The van der Waals surface area contributed by atoms with Crippen molar-refractivity contribution < 1.29 is 67.3 Å². The van der Waals surface area contributed by atoms with Crippen molar-refractivity contribution in [3.63, 3.8) is 0 Å². The summed E-state index contributed by atoms with van der Waals surface area (Å²) in [6.07, 6.45) is 17.0. The summed E-state index contributed by atoms with van der Waals surface area (Å²) in [4.78, 5) is 48.7. The van der Waals surface area contributed by atoms with Crippen LogP contribution in [0.2, 0.25) is 0 Å². The number of rotatable bonds is 23. The highest BCUT2D eigenvalue weighted by molar-refractivity contribution is 7.93. The van der Waals surface area contributed by atoms with Crippen LogP contribution in [0.25, 0.3) is 78.3 Å². The summed E-state index contributed by atoms with van der Waals surface area (Å²) < 4.78 is 145. The van der Waals surface area contributed by atoms with Gasteiger partial charge in [-0.1, -0.05) is 72.8 Å². The van der Waals surface area contributed by atoms with Gasteiger partial charge in [-0.3, -0.25) is 37.2 Å². The van der Waals surface area contributed by atoms with Crippen molar-refractivity contribution in [2.24, 2.45) is 0 Å². The number of methoxy groups -OCH3 is 4. The van der Waals surface area contributed by atoms with Gasteiger partial charge in [0, 0.05) is 71.4 Å². The van der Waals surface area contributed by atoms with Gasteiger partial charge in [0.25, 0.3) is 40.1 Å². The van der Waals surface area contributed by atoms with Crippen LogP contribution in [-0.4, -0.2) is 136 Å². The molecule has 5 N–H and O–H groups in total. The molecule has 0 saturated carbocycles. The van der Waals surface area contributed by atoms with E-state index in [0.717, 1.165) is 72.6 Å². The zero-order valence-electron chi connectivity index (χ0n) is 65.4. The molecule has 31 nitrogen and oxygen atoms in total. The predicted molar refractivity (Wildman–Crippen MR) is 465 cm³/mol. The van der Waals surface area contributed by atoms with E-state index >= 15 is 0 Å². The molecule has 0 unspecified atom stereocenters. The Morgan fingerprint density at radius 2 is 0.634 bits per heavy atom. The Morgan fingerprint density at radius 1 is 0.317 bits per heavy atom. The smallest absolute Gasteiger partial charge is 0.341 e. The molecule has 123 heavy (non-hydrogen) atoms. The first-order chi connectivity index (χ1) is 59.5. The number of nitrogens with zero attached hydrogens (tertiary/aromatic N) is 12. The molecule has 0 radical (unpaired) electrons. The number of carboxylic acids is 1. The van der Waals surface area contributed by atoms with Crippen LogP contribution >= 0.6 is 0 Å². The fraction of sp³-hybridized carbons (Fsp3) is 0.0455. The average Bonchev–Trinajstić information content (AvgIpc) is 1.68. The number of sulfonamides is 4. The van der Waals surface area contributed by atoms with Gasteiger partial charge < -0.3 is 33.2 Å². The summed E-state index contributed by atoms with van der Waals surface area (Å²) in [6.45, 7) is 0. The number of esters is 1. The number of carbonyl (C=O) groups is 2. The van der Waals surface area contributed by atoms with Crippen LogP contribution < -0.4 is 33.1 Å². The Morgan fingerprint density at radius 3 is 0.976 bits per heavy atom. The Bertz CT molecular complexity index is 7430. The number of anilines is 4. The molecule has 618 valence electrons. The third-order valence-corrected chi connectivity index (χ3v) is 24.7. The van der Waals surface area contributed by atoms with Crippen LogP contribution in [0.15, 0.2) is 355 Å². The molecule has 6 aromatic heterocycles. The highest BCUT2D eigenvalue weighted by Gasteiger charge is 2.25. The summed E-state index contributed by atoms with van der Waals surface area (Å²) in [7, 11) is -10.1. The number of aromatic nitrogens is 12. The third-order valence-electron chi connectivity index (χ3n) is 19.1. The van der Waals surface area contributed by atoms with E-state index in [9.17, 15) is 43.3 Å². The second-order valence-corrected chi connectivity index (χ2v) is 33.6. The minimum Gasteiger partial charge on any atom is -0.496 e. The number of imidazole rings is 6. The number of hydrogen-bond acceptors (Lipinski definition) is 20. The van der Waals surface area contributed by atoms with Crippen LogP contribution in [0.4, 0.5) is 22.7 Å². The van der Waals surface area contributed by atoms with E-state index < -0.39 is 52.0 Å². The zero-order chi connectivity index (χ0) is 86.0. The molecule has 0 bridgehead atoms. The number of carbonyl (C=O) groups excluding carboxylic acids is 1. The minimum atomic E-state index is -3.96. The molecule has 0 aliphatic carbocycles. The summed E-state index contributed by atoms with van der Waals surface area (Å²) in [6, 6.07) is 78.0. The Labute approximate surface area is 704 Å². The second kappa shape index (κ2) is 35.5. The summed E-state index contributed by atoms with van der Waals surface area (Å²) in [5.41, 5.74) is 13.4. The molecule has 35 heteroatoms. The van der Waals surface area contributed by atoms with Crippen molar-refractivity contribution in [1.82, 2.24) is 57.3 Å². The molecule has 0 aliphatic heterocycles. The van der Waals surface area contributed by atoms with Gasteiger partial charge in [-0.15, -0.1) is 0 Å². The van der Waals surface area contributed by atoms with Gasteiger partial charge in [0.15, 0.2) is 0 Å². The molecule has 18 aromatic rings. The van der Waals surface area contributed by atoms with Crippen molar-refractivity contribution in [1.29, 1.82) is 0 Å². The molecule has 6 heterocycles. The third kappa shape index (κ3) is 18.3. The SMILES string of the molecule is COC(=O)c1ccc(S(=O)(=O)Nc2cccc(-n3cnc4ccccc43)c2)cc1OC.COc1cc(S(=O)(=O)Nc2cccc(-n3cnc4ccccc43)c2)ccc1-n1ccnc1.COc1cc(S(=O)(=O)Nc2cccc(-n3cnc4ccccc43)c2)ccc1C(=O)O.O=S(=O)(Nc1cccc(-n2cnc3ccccc32)c1)c1ccc(-n2ccnc2)cc1. The summed E-state index contributed by atoms with van der Waals surface area (Å²) in [5.74, 6) is -1.33. The average molecular weight is 1720 g/mol. The van der Waals surface area contributed by atoms with E-state index in [4.69, 9.17) is 19.3 Å². The van der Waals surface area contributed by atoms with E-state index in [1.54, 1.807) is 164 Å². The van der Waals surface area contributed by atoms with Gasteiger partial charge in [0.1, 0.15) is 53.7 Å². The first-order valence-electron chi connectivity index (χ1n) is 37.1. The molecule has 0 atom stereocenters. The quantitative estimate of drug-likeness (QED) is 0.0371. The standard InChI is InChI=1S/C23H19N5O3S.C22H17N5O2S.C22H19N3O5S.C21H17N3O5S/c1-31-23-14-19(9-10-22(23)27-12-11-24-15-27)32(29,30)26-17-5-4-6-18(13-17)28-16-25-20-7-2-3-8-21(20)28;28-30(29,20-10-8-18(9-11-20)26-13-12-23-15-26)25-17-4-3-5-19(14-17)27-16-24-21-6-1-2-7-22(21)27;1-29-21-13-17(10-11-18(21)22(26)30-2)31(27,28)24-15-6-5-7-16(12-15)25-14-23-19-8-3-4-9-20(19)25;1-29-20-12-16(9-10-17(20)21(25)26)30(27,28)23-14-5-4-6-15(11-14)24-13-22-18-7-2-3-8-19(18)24/h2-16,26H,1H3;1-16,25H;3-14,24H,1-2H3;2-13,23H,1H3,(H,25,26). The van der Waals surface area contributed by atoms with E-state index in [-0.39, 0.29) is 42.2 Å². The van der Waals surface area contributed by atoms with Crippen molar-refractivity contribution in [3.05, 3.63) is 347 Å². The van der Waals surface area contributed by atoms with Crippen molar-refractivity contribution in [2.45, 2.75) is 19.6 Å². The molecule has 18 rings (SSSR count). The number of benzene rings is 12. The van der Waals surface area contributed by atoms with E-state index in [1.165, 1.54) is 77.0 Å². The number of para-hydroxylation sites is 8. The van der Waals surface area contributed by atoms with Gasteiger partial charge >= 0.3 is 11.9 Å². The maximum Gasteiger partial charge on any atom is 0.341 e. The molecule has 0 amide bonds. The molecular weight excluding hydrogens is 1650 g/mol. The normalized spacial score (nSPS) is 11.4. The van der Waals surface area contributed by atoms with Gasteiger partial charge in [-0.25, -0.2) is 73.2 Å². The summed E-state index contributed by atoms with van der Waals surface area (Å²) in [5, 5.41) is 9.17. The fourth-order valence-corrected chi connectivity index (χ4v) is 17.4. The van der Waals surface area contributed by atoms with Crippen LogP contribution in [0, 0.1) is 0 Å². The zero-order valence-corrected chi connectivity index (χ0v) is 68.7. The minimum absolute atomic E-state index is 0.0380. The number of nitrogens with one attached hydrogen (secondary N) is 4. The van der Waals surface area contributed by atoms with Crippen molar-refractivity contribution >= 4 is 119 Å². The monoisotopic (exact) mass is 1720 g/mol. The van der Waals surface area contributed by atoms with Crippen LogP contribution in [0.5, 0.6) is 17.2 Å². The topological polar surface area (TPSA) is 383 Å². The lowest BCUT2D eigenvalue weighted by Gasteiger charge is -2.13. The number of aromatic carboxylic acids is 1. The highest BCUT2D eigenvalue weighted by Crippen LogP contribution is 2.33. The van der Waals surface area contributed by atoms with Crippen LogP contribution in [0.1, 0.15) is 20.7 Å². The van der Waals surface area contributed by atoms with Crippen LogP contribution in [0.3, 0.4) is 0 Å². The fourth-order valence-electron chi connectivity index (χ4n) is 13.2. The maximum atomic E-state index is 13.1. The Kier molecular flexibility index (Phi) is 23.7. The Hall–Kier alpha value is -15.7. The lowest BCUT2D eigenvalue weighted by molar-refractivity contribution is 0.0595. The number of hydrogen-bond donors (Lipinski definition) is 5. The predicted octanol–water partition coefficient (Wildman–Crippen LogP) is 15.2. The van der Waals surface area contributed by atoms with Gasteiger partial charge in [-0.05, 0) is 182 Å². The maximum absolute atomic E-state index is 13.1. The van der Waals surface area contributed by atoms with Gasteiger partial charge in [-0.2, -0.15) is 0 Å². The largest absolute Gasteiger partial charge is 0.496 e. The molecule has 12 aromatic carbocycles.